The fourth-order valence-corrected chi connectivity index (χ4v) is 2.37. The van der Waals surface area contributed by atoms with E-state index in [2.05, 4.69) is 15.5 Å². The van der Waals surface area contributed by atoms with Crippen molar-refractivity contribution in [3.05, 3.63) is 54.1 Å². The van der Waals surface area contributed by atoms with Gasteiger partial charge in [0.1, 0.15) is 0 Å². The van der Waals surface area contributed by atoms with E-state index in [0.29, 0.717) is 17.4 Å². The smallest absolute Gasteiger partial charge is 0.270 e. The van der Waals surface area contributed by atoms with Gasteiger partial charge in [-0.25, -0.2) is 0 Å². The lowest BCUT2D eigenvalue weighted by atomic mass is 10.1. The molecular formula is C19H19N3O4. The van der Waals surface area contributed by atoms with Gasteiger partial charge in [0.05, 0.1) is 7.11 Å². The second-order valence-electron chi connectivity index (χ2n) is 5.64. The lowest BCUT2D eigenvalue weighted by Crippen LogP contribution is -2.30. The Morgan fingerprint density at radius 2 is 1.81 bits per heavy atom. The number of nitrogens with one attached hydrogen (secondary N) is 1. The highest BCUT2D eigenvalue weighted by Crippen LogP contribution is 2.27. The predicted molar refractivity (Wildman–Crippen MR) is 96.2 cm³/mol. The first-order chi connectivity index (χ1) is 12.6. The minimum Gasteiger partial charge on any atom is -0.493 e. The second-order valence-corrected chi connectivity index (χ2v) is 5.64. The second kappa shape index (κ2) is 7.69. The van der Waals surface area contributed by atoms with E-state index in [1.807, 2.05) is 37.3 Å². The molecule has 1 amide bonds. The standard InChI is InChI=1S/C19H19N3O4/c1-12-8-4-5-9-14(12)18-21-19(22-26-18)20-17(23)13(2)25-16-11-7-6-10-15(16)24-3/h4-11,13H,1-3H3,(H,20,22,23)/t13-/m0/s1. The van der Waals surface area contributed by atoms with Crippen LogP contribution in [-0.4, -0.2) is 29.3 Å². The summed E-state index contributed by atoms with van der Waals surface area (Å²) in [6, 6.07) is 14.7. The Hall–Kier alpha value is -3.35. The van der Waals surface area contributed by atoms with E-state index in [0.717, 1.165) is 11.1 Å². The molecule has 2 aromatic carbocycles. The molecule has 3 aromatic rings. The number of aryl methyl sites for hydroxylation is 1. The normalized spacial score (nSPS) is 11.7. The van der Waals surface area contributed by atoms with Gasteiger partial charge in [-0.15, -0.1) is 0 Å². The van der Waals surface area contributed by atoms with Crippen LogP contribution in [0.15, 0.2) is 53.1 Å². The summed E-state index contributed by atoms with van der Waals surface area (Å²) >= 11 is 0. The summed E-state index contributed by atoms with van der Waals surface area (Å²) < 4.78 is 16.1. The molecule has 0 saturated carbocycles. The van der Waals surface area contributed by atoms with E-state index in [1.54, 1.807) is 32.2 Å². The molecule has 0 aliphatic carbocycles. The van der Waals surface area contributed by atoms with Crippen molar-refractivity contribution in [3.63, 3.8) is 0 Å². The van der Waals surface area contributed by atoms with Gasteiger partial charge in [-0.2, -0.15) is 4.98 Å². The van der Waals surface area contributed by atoms with Crippen LogP contribution in [0, 0.1) is 6.92 Å². The number of carbonyl (C=O) groups excluding carboxylic acids is 1. The van der Waals surface area contributed by atoms with Crippen LogP contribution in [0.5, 0.6) is 11.5 Å². The highest BCUT2D eigenvalue weighted by atomic mass is 16.5. The fraction of sp³-hybridized carbons (Fsp3) is 0.211. The molecule has 0 spiro atoms. The Labute approximate surface area is 150 Å². The average Bonchev–Trinajstić information content (AvgIpc) is 3.10. The number of methoxy groups -OCH3 is 1. The maximum absolute atomic E-state index is 12.3. The molecule has 1 aromatic heterocycles. The van der Waals surface area contributed by atoms with Gasteiger partial charge in [-0.3, -0.25) is 10.1 Å². The zero-order valence-corrected chi connectivity index (χ0v) is 14.7. The molecule has 0 fully saturated rings. The largest absolute Gasteiger partial charge is 0.493 e. The van der Waals surface area contributed by atoms with E-state index in [-0.39, 0.29) is 5.95 Å². The quantitative estimate of drug-likeness (QED) is 0.730. The number of aromatic nitrogens is 2. The van der Waals surface area contributed by atoms with Gasteiger partial charge in [0, 0.05) is 5.56 Å². The molecule has 0 radical (unpaired) electrons. The van der Waals surface area contributed by atoms with Gasteiger partial charge in [-0.05, 0) is 42.8 Å². The summed E-state index contributed by atoms with van der Waals surface area (Å²) in [5, 5.41) is 6.39. The number of para-hydroxylation sites is 2. The van der Waals surface area contributed by atoms with Crippen molar-refractivity contribution in [3.8, 4) is 23.0 Å². The van der Waals surface area contributed by atoms with Crippen LogP contribution in [0.3, 0.4) is 0 Å². The van der Waals surface area contributed by atoms with Crippen molar-refractivity contribution in [1.82, 2.24) is 10.1 Å². The molecular weight excluding hydrogens is 334 g/mol. The highest BCUT2D eigenvalue weighted by Gasteiger charge is 2.19. The molecule has 134 valence electrons. The Balaban J connectivity index is 1.67. The van der Waals surface area contributed by atoms with Gasteiger partial charge in [0.25, 0.3) is 17.7 Å². The van der Waals surface area contributed by atoms with Crippen LogP contribution >= 0.6 is 0 Å². The highest BCUT2D eigenvalue weighted by molar-refractivity contribution is 5.92. The Kier molecular flexibility index (Phi) is 5.17. The SMILES string of the molecule is COc1ccccc1O[C@@H](C)C(=O)Nc1noc(-c2ccccc2C)n1. The van der Waals surface area contributed by atoms with Gasteiger partial charge >= 0.3 is 0 Å². The van der Waals surface area contributed by atoms with E-state index in [4.69, 9.17) is 14.0 Å². The van der Waals surface area contributed by atoms with Gasteiger partial charge in [0.2, 0.25) is 0 Å². The third-order valence-corrected chi connectivity index (χ3v) is 3.78. The number of hydrogen-bond acceptors (Lipinski definition) is 6. The molecule has 1 heterocycles. The maximum atomic E-state index is 12.3. The van der Waals surface area contributed by atoms with Crippen LogP contribution in [0.1, 0.15) is 12.5 Å². The van der Waals surface area contributed by atoms with Crippen molar-refractivity contribution < 1.29 is 18.8 Å². The number of carbonyl (C=O) groups is 1. The van der Waals surface area contributed by atoms with E-state index < -0.39 is 12.0 Å². The summed E-state index contributed by atoms with van der Waals surface area (Å²) in [4.78, 5) is 16.5. The van der Waals surface area contributed by atoms with Crippen LogP contribution in [0.25, 0.3) is 11.5 Å². The molecule has 3 rings (SSSR count). The molecule has 0 aliphatic rings. The molecule has 7 heteroatoms. The molecule has 0 aliphatic heterocycles. The lowest BCUT2D eigenvalue weighted by Gasteiger charge is -2.15. The average molecular weight is 353 g/mol. The molecule has 7 nitrogen and oxygen atoms in total. The summed E-state index contributed by atoms with van der Waals surface area (Å²) in [5.74, 6) is 1.06. The van der Waals surface area contributed by atoms with E-state index in [1.165, 1.54) is 0 Å². The van der Waals surface area contributed by atoms with Crippen LogP contribution in [-0.2, 0) is 4.79 Å². The van der Waals surface area contributed by atoms with Crippen molar-refractivity contribution in [1.29, 1.82) is 0 Å². The van der Waals surface area contributed by atoms with Crippen molar-refractivity contribution in [2.45, 2.75) is 20.0 Å². The van der Waals surface area contributed by atoms with E-state index >= 15 is 0 Å². The van der Waals surface area contributed by atoms with Crippen LogP contribution in [0.4, 0.5) is 5.95 Å². The summed E-state index contributed by atoms with van der Waals surface area (Å²) in [5.41, 5.74) is 1.82. The third kappa shape index (κ3) is 3.83. The van der Waals surface area contributed by atoms with Crippen molar-refractivity contribution >= 4 is 11.9 Å². The number of hydrogen-bond donors (Lipinski definition) is 1. The molecule has 26 heavy (non-hydrogen) atoms. The molecule has 0 bridgehead atoms. The monoisotopic (exact) mass is 353 g/mol. The van der Waals surface area contributed by atoms with Crippen LogP contribution in [0.2, 0.25) is 0 Å². The maximum Gasteiger partial charge on any atom is 0.270 e. The molecule has 1 atom stereocenters. The summed E-state index contributed by atoms with van der Waals surface area (Å²) in [6.07, 6.45) is -0.772. The lowest BCUT2D eigenvalue weighted by molar-refractivity contribution is -0.122. The first-order valence-electron chi connectivity index (χ1n) is 8.08. The Morgan fingerprint density at radius 1 is 1.12 bits per heavy atom. The zero-order valence-electron chi connectivity index (χ0n) is 14.7. The minimum atomic E-state index is -0.772. The van der Waals surface area contributed by atoms with Crippen LogP contribution < -0.4 is 14.8 Å². The van der Waals surface area contributed by atoms with Gasteiger partial charge in [-0.1, -0.05) is 30.3 Å². The van der Waals surface area contributed by atoms with Crippen molar-refractivity contribution in [2.24, 2.45) is 0 Å². The Bertz CT molecular complexity index is 907. The minimum absolute atomic E-state index is 0.0868. The summed E-state index contributed by atoms with van der Waals surface area (Å²) in [6.45, 7) is 3.57. The van der Waals surface area contributed by atoms with Gasteiger partial charge < -0.3 is 14.0 Å². The zero-order chi connectivity index (χ0) is 18.5. The number of nitrogens with zero attached hydrogens (tertiary/aromatic N) is 2. The topological polar surface area (TPSA) is 86.5 Å². The van der Waals surface area contributed by atoms with E-state index in [9.17, 15) is 4.79 Å². The summed E-state index contributed by atoms with van der Waals surface area (Å²) in [7, 11) is 1.54. The first kappa shape index (κ1) is 17.5. The fourth-order valence-electron chi connectivity index (χ4n) is 2.37. The predicted octanol–water partition coefficient (Wildman–Crippen LogP) is 3.46. The number of ether oxygens (including phenoxy) is 2. The first-order valence-corrected chi connectivity index (χ1v) is 8.08. The molecule has 0 unspecified atom stereocenters. The number of rotatable bonds is 6. The molecule has 1 N–H and O–H groups in total. The Morgan fingerprint density at radius 3 is 2.54 bits per heavy atom. The number of anilines is 1. The molecule has 0 saturated heterocycles. The van der Waals surface area contributed by atoms with Crippen molar-refractivity contribution in [2.75, 3.05) is 12.4 Å². The number of amides is 1. The number of benzene rings is 2. The third-order valence-electron chi connectivity index (χ3n) is 3.78. The van der Waals surface area contributed by atoms with Gasteiger partial charge in [0.15, 0.2) is 17.6 Å².